The lowest BCUT2D eigenvalue weighted by Gasteiger charge is -2.14. The van der Waals surface area contributed by atoms with Gasteiger partial charge >= 0.3 is 0 Å². The van der Waals surface area contributed by atoms with E-state index in [4.69, 9.17) is 34.8 Å². The summed E-state index contributed by atoms with van der Waals surface area (Å²) in [7, 11) is 0. The van der Waals surface area contributed by atoms with E-state index >= 15 is 0 Å². The Morgan fingerprint density at radius 1 is 0.829 bits per heavy atom. The molecule has 35 heavy (non-hydrogen) atoms. The molecule has 8 heteroatoms. The van der Waals surface area contributed by atoms with Crippen LogP contribution in [-0.2, 0) is 17.9 Å². The fourth-order valence-corrected chi connectivity index (χ4v) is 5.78. The molecule has 4 aromatic rings. The molecule has 0 N–H and O–H groups in total. The summed E-state index contributed by atoms with van der Waals surface area (Å²) in [5, 5.41) is 2.18. The van der Waals surface area contributed by atoms with Crippen molar-refractivity contribution in [3.63, 3.8) is 0 Å². The summed E-state index contributed by atoms with van der Waals surface area (Å²) in [4.78, 5) is 27.6. The number of carbonyl (C=O) groups is 2. The Balaban J connectivity index is 1.53. The van der Waals surface area contributed by atoms with Crippen molar-refractivity contribution in [2.75, 3.05) is 0 Å². The van der Waals surface area contributed by atoms with Crippen LogP contribution >= 0.6 is 46.6 Å². The van der Waals surface area contributed by atoms with E-state index in [9.17, 15) is 9.59 Å². The van der Waals surface area contributed by atoms with Gasteiger partial charge in [0.15, 0.2) is 0 Å². The first-order valence-electron chi connectivity index (χ1n) is 10.8. The van der Waals surface area contributed by atoms with E-state index in [1.165, 1.54) is 4.90 Å². The summed E-state index contributed by atoms with van der Waals surface area (Å²) < 4.78 is 2.18. The van der Waals surface area contributed by atoms with Crippen LogP contribution < -0.4 is 0 Å². The predicted octanol–water partition coefficient (Wildman–Crippen LogP) is 8.19. The van der Waals surface area contributed by atoms with E-state index in [1.54, 1.807) is 24.3 Å². The zero-order valence-corrected chi connectivity index (χ0v) is 21.7. The lowest BCUT2D eigenvalue weighted by molar-refractivity contribution is -0.123. The highest BCUT2D eigenvalue weighted by Crippen LogP contribution is 2.38. The minimum absolute atomic E-state index is 0.0216. The molecule has 2 amide bonds. The third-order valence-corrected chi connectivity index (χ3v) is 8.08. The normalized spacial score (nSPS) is 15.1. The smallest absolute Gasteiger partial charge is 0.293 e. The van der Waals surface area contributed by atoms with Gasteiger partial charge in [-0.25, -0.2) is 0 Å². The minimum atomic E-state index is -0.363. The van der Waals surface area contributed by atoms with Gasteiger partial charge in [0.25, 0.3) is 11.1 Å². The predicted molar refractivity (Wildman–Crippen MR) is 145 cm³/mol. The molecule has 0 aliphatic carbocycles. The first-order valence-corrected chi connectivity index (χ1v) is 12.8. The molecule has 0 bridgehead atoms. The number of benzene rings is 3. The molecule has 1 aliphatic rings. The number of hydrogen-bond donors (Lipinski definition) is 0. The largest absolute Gasteiger partial charge is 0.340 e. The van der Waals surface area contributed by atoms with Crippen molar-refractivity contribution in [2.24, 2.45) is 0 Å². The fourth-order valence-electron chi connectivity index (χ4n) is 4.25. The Bertz CT molecular complexity index is 1510. The number of carbonyl (C=O) groups excluding carboxylic acids is 2. The van der Waals surface area contributed by atoms with Crippen molar-refractivity contribution in [1.82, 2.24) is 9.47 Å². The topological polar surface area (TPSA) is 42.3 Å². The molecule has 4 nitrogen and oxygen atoms in total. The summed E-state index contributed by atoms with van der Waals surface area (Å²) in [5.41, 5.74) is 4.45. The molecule has 1 fully saturated rings. The summed E-state index contributed by atoms with van der Waals surface area (Å²) >= 11 is 19.9. The van der Waals surface area contributed by atoms with Crippen LogP contribution in [0.1, 0.15) is 22.4 Å². The van der Waals surface area contributed by atoms with Gasteiger partial charge in [0.05, 0.1) is 11.4 Å². The Kier molecular flexibility index (Phi) is 6.69. The number of imide groups is 1. The Hall–Kier alpha value is -2.70. The number of hydrogen-bond acceptors (Lipinski definition) is 3. The number of halogens is 3. The third-order valence-electron chi connectivity index (χ3n) is 6.09. The van der Waals surface area contributed by atoms with E-state index in [-0.39, 0.29) is 17.7 Å². The maximum atomic E-state index is 13.2. The lowest BCUT2D eigenvalue weighted by atomic mass is 10.1. The minimum Gasteiger partial charge on any atom is -0.340 e. The standard InChI is InChI=1S/C27H19Cl3N2O2S/c1-16-19(18-8-3-5-12-24(18)31(16)14-17-7-2-4-9-21(17)28)13-25-26(33)32(27(34)35-25)15-20-22(29)10-6-11-23(20)30/h2-13H,14-15H2,1H3/b25-13-. The van der Waals surface area contributed by atoms with Gasteiger partial charge in [0.1, 0.15) is 0 Å². The average Bonchev–Trinajstić information content (AvgIpc) is 3.25. The highest BCUT2D eigenvalue weighted by Gasteiger charge is 2.36. The van der Waals surface area contributed by atoms with Crippen molar-refractivity contribution >= 4 is 74.7 Å². The van der Waals surface area contributed by atoms with Crippen molar-refractivity contribution in [1.29, 1.82) is 0 Å². The molecule has 0 atom stereocenters. The number of amides is 2. The van der Waals surface area contributed by atoms with Crippen molar-refractivity contribution in [3.05, 3.63) is 109 Å². The average molecular weight is 542 g/mol. The van der Waals surface area contributed by atoms with Crippen LogP contribution in [0.2, 0.25) is 15.1 Å². The van der Waals surface area contributed by atoms with Crippen LogP contribution in [0.4, 0.5) is 4.79 Å². The van der Waals surface area contributed by atoms with Gasteiger partial charge in [0, 0.05) is 49.3 Å². The summed E-state index contributed by atoms with van der Waals surface area (Å²) in [6.07, 6.45) is 1.81. The van der Waals surface area contributed by atoms with Crippen LogP contribution in [0.15, 0.2) is 71.6 Å². The van der Waals surface area contributed by atoms with E-state index in [0.29, 0.717) is 32.1 Å². The van der Waals surface area contributed by atoms with Gasteiger partial charge in [-0.2, -0.15) is 0 Å². The molecule has 0 spiro atoms. The number of aromatic nitrogens is 1. The highest BCUT2D eigenvalue weighted by atomic mass is 35.5. The molecule has 2 heterocycles. The van der Waals surface area contributed by atoms with E-state index in [2.05, 4.69) is 4.57 Å². The molecular weight excluding hydrogens is 523 g/mol. The van der Waals surface area contributed by atoms with Crippen molar-refractivity contribution in [3.8, 4) is 0 Å². The van der Waals surface area contributed by atoms with Gasteiger partial charge in [-0.05, 0) is 54.6 Å². The van der Waals surface area contributed by atoms with E-state index < -0.39 is 0 Å². The Labute approximate surface area is 222 Å². The van der Waals surface area contributed by atoms with E-state index in [0.717, 1.165) is 39.5 Å². The third kappa shape index (κ3) is 4.50. The number of fused-ring (bicyclic) bond motifs is 1. The summed E-state index contributed by atoms with van der Waals surface area (Å²) in [6.45, 7) is 2.62. The SMILES string of the molecule is Cc1c(/C=C2\SC(=O)N(Cc3c(Cl)cccc3Cl)C2=O)c2ccccc2n1Cc1ccccc1Cl. The molecule has 0 saturated carbocycles. The summed E-state index contributed by atoms with van der Waals surface area (Å²) in [5.74, 6) is -0.363. The first kappa shape index (κ1) is 24.0. The highest BCUT2D eigenvalue weighted by molar-refractivity contribution is 8.18. The molecule has 5 rings (SSSR count). The molecule has 3 aromatic carbocycles. The quantitative estimate of drug-likeness (QED) is 0.239. The monoisotopic (exact) mass is 540 g/mol. The zero-order valence-electron chi connectivity index (χ0n) is 18.6. The number of para-hydroxylation sites is 1. The Morgan fingerprint density at radius 3 is 2.23 bits per heavy atom. The van der Waals surface area contributed by atoms with Gasteiger partial charge in [-0.3, -0.25) is 14.5 Å². The second kappa shape index (κ2) is 9.75. The number of thioether (sulfide) groups is 1. The van der Waals surface area contributed by atoms with Gasteiger partial charge < -0.3 is 4.57 Å². The lowest BCUT2D eigenvalue weighted by Crippen LogP contribution is -2.27. The maximum absolute atomic E-state index is 13.2. The second-order valence-electron chi connectivity index (χ2n) is 8.16. The molecule has 0 radical (unpaired) electrons. The van der Waals surface area contributed by atoms with Gasteiger partial charge in [0.2, 0.25) is 0 Å². The molecule has 176 valence electrons. The number of nitrogens with zero attached hydrogens (tertiary/aromatic N) is 2. The second-order valence-corrected chi connectivity index (χ2v) is 10.4. The van der Waals surface area contributed by atoms with E-state index in [1.807, 2.05) is 55.5 Å². The van der Waals surface area contributed by atoms with Crippen LogP contribution in [0.3, 0.4) is 0 Å². The number of rotatable bonds is 5. The van der Waals surface area contributed by atoms with Crippen molar-refractivity contribution in [2.45, 2.75) is 20.0 Å². The molecule has 1 saturated heterocycles. The van der Waals surface area contributed by atoms with Crippen LogP contribution in [0.25, 0.3) is 17.0 Å². The van der Waals surface area contributed by atoms with Gasteiger partial charge in [-0.15, -0.1) is 0 Å². The van der Waals surface area contributed by atoms with Gasteiger partial charge in [-0.1, -0.05) is 77.3 Å². The molecule has 1 aliphatic heterocycles. The first-order chi connectivity index (χ1) is 16.8. The van der Waals surface area contributed by atoms with Crippen molar-refractivity contribution < 1.29 is 9.59 Å². The molecule has 0 unspecified atom stereocenters. The maximum Gasteiger partial charge on any atom is 0.293 e. The molecular formula is C27H19Cl3N2O2S. The van der Waals surface area contributed by atoms with Crippen LogP contribution in [-0.4, -0.2) is 20.6 Å². The molecule has 1 aromatic heterocycles. The summed E-state index contributed by atoms with van der Waals surface area (Å²) in [6, 6.07) is 20.9. The van der Waals surface area contributed by atoms with Crippen LogP contribution in [0, 0.1) is 6.92 Å². The fraction of sp³-hybridized carbons (Fsp3) is 0.111. The van der Waals surface area contributed by atoms with Crippen LogP contribution in [0.5, 0.6) is 0 Å². The zero-order chi connectivity index (χ0) is 24.7. The Morgan fingerprint density at radius 2 is 1.49 bits per heavy atom.